The molecule has 1 fully saturated rings. The number of amides is 2. The second kappa shape index (κ2) is 12.6. The van der Waals surface area contributed by atoms with Gasteiger partial charge < -0.3 is 25.2 Å². The molecule has 0 aromatic heterocycles. The van der Waals surface area contributed by atoms with Crippen molar-refractivity contribution in [1.29, 1.82) is 0 Å². The van der Waals surface area contributed by atoms with Crippen LogP contribution in [0.1, 0.15) is 22.8 Å². The highest BCUT2D eigenvalue weighted by Gasteiger charge is 2.30. The van der Waals surface area contributed by atoms with Gasteiger partial charge >= 0.3 is 12.3 Å². The molecule has 12 heteroatoms. The molecule has 0 spiro atoms. The molecular weight excluding hydrogens is 530 g/mol. The smallest absolute Gasteiger partial charge is 0.416 e. The van der Waals surface area contributed by atoms with Gasteiger partial charge in [0.15, 0.2) is 5.96 Å². The van der Waals surface area contributed by atoms with Crippen LogP contribution in [-0.2, 0) is 10.9 Å². The molecule has 31 heavy (non-hydrogen) atoms. The summed E-state index contributed by atoms with van der Waals surface area (Å²) in [5, 5.41) is 5.77. The number of piperazine rings is 1. The lowest BCUT2D eigenvalue weighted by Crippen LogP contribution is -2.54. The van der Waals surface area contributed by atoms with Crippen molar-refractivity contribution in [3.8, 4) is 0 Å². The maximum Gasteiger partial charge on any atom is 0.416 e. The number of hydrogen-bond acceptors (Lipinski definition) is 4. The normalized spacial score (nSPS) is 14.5. The second-order valence-electron chi connectivity index (χ2n) is 6.48. The summed E-state index contributed by atoms with van der Waals surface area (Å²) in [6.07, 6.45) is -4.76. The van der Waals surface area contributed by atoms with Crippen LogP contribution in [0.3, 0.4) is 0 Å². The van der Waals surface area contributed by atoms with E-state index in [0.29, 0.717) is 45.3 Å². The average molecular weight is 557 g/mol. The summed E-state index contributed by atoms with van der Waals surface area (Å²) >= 11 is 0. The number of nitrogens with zero attached hydrogens (tertiary/aromatic N) is 3. The molecule has 1 saturated heterocycles. The van der Waals surface area contributed by atoms with Gasteiger partial charge in [0.1, 0.15) is 0 Å². The van der Waals surface area contributed by atoms with Crippen molar-refractivity contribution < 1.29 is 27.5 Å². The number of alkyl halides is 3. The maximum atomic E-state index is 12.6. The summed E-state index contributed by atoms with van der Waals surface area (Å²) in [6, 6.07) is 4.05. The van der Waals surface area contributed by atoms with Crippen LogP contribution in [-0.4, -0.2) is 80.7 Å². The number of carbonyl (C=O) groups excluding carboxylic acids is 2. The van der Waals surface area contributed by atoms with Gasteiger partial charge in [0, 0.05) is 51.9 Å². The van der Waals surface area contributed by atoms with Gasteiger partial charge in [-0.2, -0.15) is 13.2 Å². The van der Waals surface area contributed by atoms with E-state index in [-0.39, 0.29) is 42.2 Å². The number of ether oxygens (including phenoxy) is 1. The van der Waals surface area contributed by atoms with E-state index >= 15 is 0 Å². The molecular formula is C19H27F3IN5O3. The fraction of sp³-hybridized carbons (Fsp3) is 0.526. The predicted octanol–water partition coefficient (Wildman–Crippen LogP) is 2.40. The van der Waals surface area contributed by atoms with Gasteiger partial charge in [-0.15, -0.1) is 24.0 Å². The Labute approximate surface area is 196 Å². The molecule has 0 unspecified atom stereocenters. The van der Waals surface area contributed by atoms with Crippen molar-refractivity contribution in [2.75, 3.05) is 52.9 Å². The van der Waals surface area contributed by atoms with Crippen LogP contribution in [0.2, 0.25) is 0 Å². The minimum Gasteiger partial charge on any atom is -0.450 e. The number of rotatable bonds is 5. The highest BCUT2D eigenvalue weighted by Crippen LogP contribution is 2.29. The first-order chi connectivity index (χ1) is 14.3. The van der Waals surface area contributed by atoms with Crippen LogP contribution in [0.25, 0.3) is 0 Å². The maximum absolute atomic E-state index is 12.6. The summed E-state index contributed by atoms with van der Waals surface area (Å²) in [5.74, 6) is 0.186. The van der Waals surface area contributed by atoms with Crippen LogP contribution in [0.4, 0.5) is 18.0 Å². The van der Waals surface area contributed by atoms with E-state index < -0.39 is 17.6 Å². The molecule has 0 bridgehead atoms. The molecule has 1 aliphatic rings. The van der Waals surface area contributed by atoms with Crippen LogP contribution < -0.4 is 10.6 Å². The third-order valence-corrected chi connectivity index (χ3v) is 4.49. The zero-order chi connectivity index (χ0) is 22.1. The topological polar surface area (TPSA) is 86.3 Å². The van der Waals surface area contributed by atoms with E-state index in [1.807, 2.05) is 4.90 Å². The molecule has 2 N–H and O–H groups in total. The molecule has 8 nitrogen and oxygen atoms in total. The van der Waals surface area contributed by atoms with Crippen molar-refractivity contribution in [2.24, 2.45) is 4.99 Å². The molecule has 1 aliphatic heterocycles. The molecule has 2 amide bonds. The van der Waals surface area contributed by atoms with E-state index in [0.717, 1.165) is 24.3 Å². The van der Waals surface area contributed by atoms with Gasteiger partial charge in [0.05, 0.1) is 12.2 Å². The molecule has 174 valence electrons. The molecule has 0 atom stereocenters. The van der Waals surface area contributed by atoms with Crippen LogP contribution in [0.5, 0.6) is 0 Å². The molecule has 0 radical (unpaired) electrons. The molecule has 0 saturated carbocycles. The number of halogens is 4. The first kappa shape index (κ1) is 26.8. The summed E-state index contributed by atoms with van der Waals surface area (Å²) in [7, 11) is 1.64. The van der Waals surface area contributed by atoms with Crippen LogP contribution in [0.15, 0.2) is 29.3 Å². The highest BCUT2D eigenvalue weighted by atomic mass is 127. The highest BCUT2D eigenvalue weighted by molar-refractivity contribution is 14.0. The summed E-state index contributed by atoms with van der Waals surface area (Å²) in [5.41, 5.74) is -0.643. The van der Waals surface area contributed by atoms with Crippen LogP contribution in [0, 0.1) is 0 Å². The molecule has 1 heterocycles. The summed E-state index contributed by atoms with van der Waals surface area (Å²) in [4.78, 5) is 31.6. The van der Waals surface area contributed by atoms with Crippen molar-refractivity contribution in [3.63, 3.8) is 0 Å². The Kier molecular flexibility index (Phi) is 10.9. The lowest BCUT2D eigenvalue weighted by Gasteiger charge is -2.35. The Bertz CT molecular complexity index is 751. The van der Waals surface area contributed by atoms with E-state index in [2.05, 4.69) is 15.6 Å². The largest absolute Gasteiger partial charge is 0.450 e. The number of carbonyl (C=O) groups is 2. The van der Waals surface area contributed by atoms with Crippen molar-refractivity contribution in [1.82, 2.24) is 20.4 Å². The Hall–Kier alpha value is -2.25. The number of aliphatic imine (C=N–C) groups is 1. The average Bonchev–Trinajstić information content (AvgIpc) is 2.73. The number of nitrogens with one attached hydrogen (secondary N) is 2. The predicted molar refractivity (Wildman–Crippen MR) is 121 cm³/mol. The van der Waals surface area contributed by atoms with Gasteiger partial charge in [-0.05, 0) is 31.2 Å². The third-order valence-electron chi connectivity index (χ3n) is 4.49. The van der Waals surface area contributed by atoms with E-state index in [1.54, 1.807) is 18.9 Å². The Balaban J connectivity index is 0.00000480. The fourth-order valence-electron chi connectivity index (χ4n) is 2.91. The van der Waals surface area contributed by atoms with Crippen molar-refractivity contribution in [3.05, 3.63) is 35.4 Å². The molecule has 1 aromatic carbocycles. The number of benzene rings is 1. The minimum atomic E-state index is -4.43. The fourth-order valence-corrected chi connectivity index (χ4v) is 2.91. The van der Waals surface area contributed by atoms with Gasteiger partial charge in [0.25, 0.3) is 5.91 Å². The van der Waals surface area contributed by atoms with Gasteiger partial charge in [0.2, 0.25) is 0 Å². The van der Waals surface area contributed by atoms with Crippen molar-refractivity contribution in [2.45, 2.75) is 13.1 Å². The van der Waals surface area contributed by atoms with Crippen molar-refractivity contribution >= 4 is 41.9 Å². The zero-order valence-corrected chi connectivity index (χ0v) is 19.7. The Morgan fingerprint density at radius 2 is 1.58 bits per heavy atom. The van der Waals surface area contributed by atoms with E-state index in [9.17, 15) is 22.8 Å². The van der Waals surface area contributed by atoms with Gasteiger partial charge in [-0.1, -0.05) is 0 Å². The van der Waals surface area contributed by atoms with Gasteiger partial charge in [-0.3, -0.25) is 9.79 Å². The second-order valence-corrected chi connectivity index (χ2v) is 6.48. The lowest BCUT2D eigenvalue weighted by molar-refractivity contribution is -0.137. The Morgan fingerprint density at radius 3 is 2.10 bits per heavy atom. The Morgan fingerprint density at radius 1 is 1.03 bits per heavy atom. The first-order valence-corrected chi connectivity index (χ1v) is 9.59. The summed E-state index contributed by atoms with van der Waals surface area (Å²) in [6.45, 7) is 4.97. The zero-order valence-electron chi connectivity index (χ0n) is 17.4. The van der Waals surface area contributed by atoms with E-state index in [1.165, 1.54) is 0 Å². The first-order valence-electron chi connectivity index (χ1n) is 9.59. The number of hydrogen-bond donors (Lipinski definition) is 2. The molecule has 0 aliphatic carbocycles. The van der Waals surface area contributed by atoms with Crippen LogP contribution >= 0.6 is 24.0 Å². The third kappa shape index (κ3) is 8.07. The monoisotopic (exact) mass is 557 g/mol. The standard InChI is InChI=1S/C19H26F3N5O3.HI/c1-3-30-18(29)27-12-10-26(11-13-27)17(23-2)25-9-8-24-16(28)14-4-6-15(7-5-14)19(20,21)22;/h4-7H,3,8-13H2,1-2H3,(H,23,25)(H,24,28);1H. The summed E-state index contributed by atoms with van der Waals surface area (Å²) < 4.78 is 42.7. The quantitative estimate of drug-likeness (QED) is 0.252. The molecule has 1 aromatic rings. The lowest BCUT2D eigenvalue weighted by atomic mass is 10.1. The minimum absolute atomic E-state index is 0. The van der Waals surface area contributed by atoms with Gasteiger partial charge in [-0.25, -0.2) is 4.79 Å². The SMILES string of the molecule is CCOC(=O)N1CCN(C(=NC)NCCNC(=O)c2ccc(C(F)(F)F)cc2)CC1.I. The van der Waals surface area contributed by atoms with E-state index in [4.69, 9.17) is 4.74 Å². The molecule has 2 rings (SSSR count). The number of guanidine groups is 1.